The fourth-order valence-electron chi connectivity index (χ4n) is 7.66. The summed E-state index contributed by atoms with van der Waals surface area (Å²) in [6.07, 6.45) is 40.0. The molecule has 55 heavy (non-hydrogen) atoms. The maximum Gasteiger partial charge on any atom is 0.308 e. The Morgan fingerprint density at radius 2 is 0.909 bits per heavy atom. The lowest BCUT2D eigenvalue weighted by Crippen LogP contribution is -2.27. The molecule has 0 radical (unpaired) electrons. The van der Waals surface area contributed by atoms with Crippen molar-refractivity contribution in [1.29, 1.82) is 0 Å². The molecular formula is C49H97NO5. The van der Waals surface area contributed by atoms with E-state index in [4.69, 9.17) is 9.47 Å². The first kappa shape index (κ1) is 53.9. The fourth-order valence-corrected chi connectivity index (χ4v) is 7.66. The summed E-state index contributed by atoms with van der Waals surface area (Å²) in [6, 6.07) is 0. The van der Waals surface area contributed by atoms with Crippen molar-refractivity contribution in [2.45, 2.75) is 259 Å². The van der Waals surface area contributed by atoms with Gasteiger partial charge >= 0.3 is 11.9 Å². The van der Waals surface area contributed by atoms with Crippen molar-refractivity contribution < 1.29 is 24.2 Å². The molecule has 0 rings (SSSR count). The second-order valence-corrected chi connectivity index (χ2v) is 17.6. The lowest BCUT2D eigenvalue weighted by Gasteiger charge is -2.22. The Labute approximate surface area is 343 Å². The van der Waals surface area contributed by atoms with Crippen LogP contribution in [0.2, 0.25) is 0 Å². The van der Waals surface area contributed by atoms with Crippen LogP contribution in [-0.4, -0.2) is 60.9 Å². The number of aliphatic hydroxyl groups excluding tert-OH is 1. The van der Waals surface area contributed by atoms with Crippen LogP contribution in [-0.2, 0) is 19.1 Å². The zero-order valence-electron chi connectivity index (χ0n) is 37.8. The number of hydrogen-bond acceptors (Lipinski definition) is 6. The minimum Gasteiger partial charge on any atom is -0.465 e. The monoisotopic (exact) mass is 780 g/mol. The minimum atomic E-state index is -0.0156. The van der Waals surface area contributed by atoms with Gasteiger partial charge < -0.3 is 19.5 Å². The first-order valence-corrected chi connectivity index (χ1v) is 24.5. The van der Waals surface area contributed by atoms with Gasteiger partial charge in [-0.3, -0.25) is 9.59 Å². The summed E-state index contributed by atoms with van der Waals surface area (Å²) < 4.78 is 11.6. The highest BCUT2D eigenvalue weighted by atomic mass is 16.5. The Morgan fingerprint density at radius 1 is 0.491 bits per heavy atom. The summed E-state index contributed by atoms with van der Waals surface area (Å²) in [5.41, 5.74) is 0. The van der Waals surface area contributed by atoms with Crippen molar-refractivity contribution in [3.8, 4) is 0 Å². The van der Waals surface area contributed by atoms with Crippen molar-refractivity contribution in [2.24, 2.45) is 11.8 Å². The van der Waals surface area contributed by atoms with Crippen LogP contribution in [0.25, 0.3) is 0 Å². The van der Waals surface area contributed by atoms with E-state index < -0.39 is 0 Å². The number of nitrogens with zero attached hydrogens (tertiary/aromatic N) is 1. The average Bonchev–Trinajstić information content (AvgIpc) is 3.17. The zero-order chi connectivity index (χ0) is 40.5. The Balaban J connectivity index is 4.15. The van der Waals surface area contributed by atoms with Crippen LogP contribution in [0.3, 0.4) is 0 Å². The fraction of sp³-hybridized carbons (Fsp3) is 0.959. The average molecular weight is 780 g/mol. The highest BCUT2D eigenvalue weighted by molar-refractivity contribution is 5.71. The predicted molar refractivity (Wildman–Crippen MR) is 237 cm³/mol. The molecule has 0 aromatic carbocycles. The van der Waals surface area contributed by atoms with Gasteiger partial charge in [-0.25, -0.2) is 0 Å². The molecule has 0 aromatic rings. The van der Waals surface area contributed by atoms with E-state index in [1.807, 2.05) is 6.92 Å². The van der Waals surface area contributed by atoms with E-state index in [9.17, 15) is 14.7 Å². The molecule has 0 spiro atoms. The van der Waals surface area contributed by atoms with Crippen LogP contribution in [0.5, 0.6) is 0 Å². The van der Waals surface area contributed by atoms with Crippen LogP contribution < -0.4 is 0 Å². The first-order valence-electron chi connectivity index (χ1n) is 24.5. The Morgan fingerprint density at radius 3 is 1.42 bits per heavy atom. The van der Waals surface area contributed by atoms with Gasteiger partial charge in [0.05, 0.1) is 12.5 Å². The molecule has 0 fully saturated rings. The number of hydrogen-bond donors (Lipinski definition) is 1. The van der Waals surface area contributed by atoms with Crippen LogP contribution in [0.4, 0.5) is 0 Å². The van der Waals surface area contributed by atoms with Gasteiger partial charge in [0.1, 0.15) is 6.10 Å². The van der Waals surface area contributed by atoms with E-state index in [-0.39, 0.29) is 30.6 Å². The Hall–Kier alpha value is -1.14. The van der Waals surface area contributed by atoms with E-state index in [1.54, 1.807) is 0 Å². The van der Waals surface area contributed by atoms with Gasteiger partial charge in [0, 0.05) is 13.0 Å². The van der Waals surface area contributed by atoms with Gasteiger partial charge in [-0.1, -0.05) is 176 Å². The molecule has 6 nitrogen and oxygen atoms in total. The molecule has 0 amide bonds. The molecule has 1 atom stereocenters. The second-order valence-electron chi connectivity index (χ2n) is 17.6. The summed E-state index contributed by atoms with van der Waals surface area (Å²) in [5, 5.41) is 9.31. The number of carbonyl (C=O) groups excluding carboxylic acids is 2. The van der Waals surface area contributed by atoms with Gasteiger partial charge in [-0.05, 0) is 96.2 Å². The number of aliphatic hydroxyl groups is 1. The van der Waals surface area contributed by atoms with Crippen molar-refractivity contribution >= 4 is 11.9 Å². The van der Waals surface area contributed by atoms with E-state index in [0.717, 1.165) is 89.8 Å². The molecule has 0 saturated heterocycles. The second kappa shape index (κ2) is 42.5. The quantitative estimate of drug-likeness (QED) is 0.0490. The molecule has 0 aliphatic carbocycles. The number of esters is 2. The molecule has 0 saturated carbocycles. The molecule has 0 bridgehead atoms. The molecule has 328 valence electrons. The SMILES string of the molecule is CCCCCCCCC(CCCCCCCC)OC(=O)CCCCCCCN(CCCCO)CCCCCCC(C)C(=O)OCCCCCCCCC(C)C. The van der Waals surface area contributed by atoms with Crippen molar-refractivity contribution in [3.05, 3.63) is 0 Å². The van der Waals surface area contributed by atoms with Crippen LogP contribution in [0.15, 0.2) is 0 Å². The highest BCUT2D eigenvalue weighted by Gasteiger charge is 2.15. The highest BCUT2D eigenvalue weighted by Crippen LogP contribution is 2.19. The summed E-state index contributed by atoms with van der Waals surface area (Å²) in [5.74, 6) is 0.817. The number of carbonyl (C=O) groups is 2. The first-order chi connectivity index (χ1) is 26.8. The molecule has 1 unspecified atom stereocenters. The smallest absolute Gasteiger partial charge is 0.308 e. The largest absolute Gasteiger partial charge is 0.465 e. The van der Waals surface area contributed by atoms with E-state index >= 15 is 0 Å². The summed E-state index contributed by atoms with van der Waals surface area (Å²) >= 11 is 0. The van der Waals surface area contributed by atoms with E-state index in [0.29, 0.717) is 13.0 Å². The zero-order valence-corrected chi connectivity index (χ0v) is 37.8. The third-order valence-corrected chi connectivity index (χ3v) is 11.5. The third kappa shape index (κ3) is 39.5. The predicted octanol–water partition coefficient (Wildman–Crippen LogP) is 14.3. The van der Waals surface area contributed by atoms with Crippen molar-refractivity contribution in [1.82, 2.24) is 4.90 Å². The Bertz CT molecular complexity index is 788. The van der Waals surface area contributed by atoms with Gasteiger partial charge in [-0.2, -0.15) is 0 Å². The number of unbranched alkanes of at least 4 members (excludes halogenated alkanes) is 23. The molecule has 0 aromatic heterocycles. The normalized spacial score (nSPS) is 12.3. The Kier molecular flexibility index (Phi) is 41.6. The van der Waals surface area contributed by atoms with Crippen LogP contribution >= 0.6 is 0 Å². The van der Waals surface area contributed by atoms with Gasteiger partial charge in [0.15, 0.2) is 0 Å². The van der Waals surface area contributed by atoms with E-state index in [1.165, 1.54) is 148 Å². The number of ether oxygens (including phenoxy) is 2. The standard InChI is InChI=1S/C49H97NO5/c1-6-8-10-12-18-27-37-47(38-28-19-13-11-9-7-2)55-48(52)39-29-20-16-22-30-40-50(42-32-33-43-51)41-31-23-21-26-36-46(5)49(53)54-44-34-24-15-14-17-25-35-45(3)4/h45-47,51H,6-44H2,1-5H3. The maximum atomic E-state index is 12.8. The summed E-state index contributed by atoms with van der Waals surface area (Å²) in [7, 11) is 0. The van der Waals surface area contributed by atoms with Gasteiger partial charge in [-0.15, -0.1) is 0 Å². The molecular weight excluding hydrogens is 683 g/mol. The molecule has 1 N–H and O–H groups in total. The van der Waals surface area contributed by atoms with Crippen molar-refractivity contribution in [2.75, 3.05) is 32.8 Å². The van der Waals surface area contributed by atoms with Crippen LogP contribution in [0.1, 0.15) is 253 Å². The number of rotatable bonds is 44. The third-order valence-electron chi connectivity index (χ3n) is 11.5. The lowest BCUT2D eigenvalue weighted by atomic mass is 10.0. The molecule has 6 heteroatoms. The van der Waals surface area contributed by atoms with Crippen LogP contribution in [0, 0.1) is 11.8 Å². The molecule has 0 aliphatic rings. The summed E-state index contributed by atoms with van der Waals surface area (Å²) in [6.45, 7) is 15.3. The lowest BCUT2D eigenvalue weighted by molar-refractivity contribution is -0.150. The minimum absolute atomic E-state index is 0.00149. The van der Waals surface area contributed by atoms with Crippen molar-refractivity contribution in [3.63, 3.8) is 0 Å². The topological polar surface area (TPSA) is 76.1 Å². The van der Waals surface area contributed by atoms with Gasteiger partial charge in [0.25, 0.3) is 0 Å². The molecule has 0 heterocycles. The maximum absolute atomic E-state index is 12.8. The molecule has 0 aliphatic heterocycles. The summed E-state index contributed by atoms with van der Waals surface area (Å²) in [4.78, 5) is 27.8. The van der Waals surface area contributed by atoms with Gasteiger partial charge in [0.2, 0.25) is 0 Å². The van der Waals surface area contributed by atoms with E-state index in [2.05, 4.69) is 32.6 Å².